The highest BCUT2D eigenvalue weighted by Crippen LogP contribution is 2.18. The van der Waals surface area contributed by atoms with E-state index in [1.165, 1.54) is 4.57 Å². The summed E-state index contributed by atoms with van der Waals surface area (Å²) in [5.41, 5.74) is 1.82. The lowest BCUT2D eigenvalue weighted by Gasteiger charge is -2.08. The van der Waals surface area contributed by atoms with Gasteiger partial charge < -0.3 is 0 Å². The first-order chi connectivity index (χ1) is 10.1. The summed E-state index contributed by atoms with van der Waals surface area (Å²) in [5.74, 6) is 0.804. The van der Waals surface area contributed by atoms with Crippen molar-refractivity contribution in [2.24, 2.45) is 0 Å². The average Bonchev–Trinajstić information content (AvgIpc) is 2.87. The summed E-state index contributed by atoms with van der Waals surface area (Å²) in [5, 5.41) is 8.73. The van der Waals surface area contributed by atoms with Crippen LogP contribution in [-0.2, 0) is 6.42 Å². The van der Waals surface area contributed by atoms with E-state index in [9.17, 15) is 4.79 Å². The molecule has 0 aliphatic heterocycles. The molecule has 0 saturated carbocycles. The Kier molecular flexibility index (Phi) is 3.51. The van der Waals surface area contributed by atoms with Crippen molar-refractivity contribution < 1.29 is 0 Å². The van der Waals surface area contributed by atoms with Crippen molar-refractivity contribution >= 4 is 17.2 Å². The van der Waals surface area contributed by atoms with Crippen molar-refractivity contribution in [3.8, 4) is 5.69 Å². The van der Waals surface area contributed by atoms with Crippen LogP contribution in [0.2, 0.25) is 5.02 Å². The molecule has 0 unspecified atom stereocenters. The van der Waals surface area contributed by atoms with Crippen LogP contribution in [0.4, 0.5) is 0 Å². The van der Waals surface area contributed by atoms with Crippen molar-refractivity contribution in [2.45, 2.75) is 26.7 Å². The van der Waals surface area contributed by atoms with Gasteiger partial charge in [0, 0.05) is 23.8 Å². The van der Waals surface area contributed by atoms with E-state index in [4.69, 9.17) is 11.6 Å². The van der Waals surface area contributed by atoms with Crippen LogP contribution in [0.5, 0.6) is 0 Å². The quantitative estimate of drug-likeness (QED) is 0.747. The number of halogens is 1. The second-order valence-corrected chi connectivity index (χ2v) is 5.37. The van der Waals surface area contributed by atoms with E-state index in [0.717, 1.165) is 29.9 Å². The molecule has 0 aliphatic carbocycles. The lowest BCUT2D eigenvalue weighted by Crippen LogP contribution is -2.20. The van der Waals surface area contributed by atoms with Gasteiger partial charge in [0.1, 0.15) is 5.82 Å². The van der Waals surface area contributed by atoms with Gasteiger partial charge in [-0.25, -0.2) is 0 Å². The Hall–Kier alpha value is -2.14. The molecule has 1 aromatic carbocycles. The zero-order chi connectivity index (χ0) is 15.0. The number of aromatic nitrogens is 4. The van der Waals surface area contributed by atoms with Gasteiger partial charge in [-0.2, -0.15) is 0 Å². The Balaban J connectivity index is 2.18. The maximum atomic E-state index is 12.5. The van der Waals surface area contributed by atoms with E-state index >= 15 is 0 Å². The topological polar surface area (TPSA) is 52.2 Å². The minimum absolute atomic E-state index is 0.202. The summed E-state index contributed by atoms with van der Waals surface area (Å²) in [7, 11) is 0. The minimum atomic E-state index is -0.202. The van der Waals surface area contributed by atoms with E-state index in [1.807, 2.05) is 25.3 Å². The summed E-state index contributed by atoms with van der Waals surface area (Å²) < 4.78 is 3.28. The highest BCUT2D eigenvalue weighted by Gasteiger charge is 2.11. The second-order valence-electron chi connectivity index (χ2n) is 4.97. The first-order valence-electron chi connectivity index (χ1n) is 6.83. The van der Waals surface area contributed by atoms with E-state index in [2.05, 4.69) is 17.1 Å². The Morgan fingerprint density at radius 1 is 1.24 bits per heavy atom. The average molecular weight is 303 g/mol. The van der Waals surface area contributed by atoms with Gasteiger partial charge in [-0.1, -0.05) is 24.6 Å². The smallest absolute Gasteiger partial charge is 0.280 e. The fourth-order valence-corrected chi connectivity index (χ4v) is 2.44. The van der Waals surface area contributed by atoms with Crippen LogP contribution in [0.3, 0.4) is 0 Å². The van der Waals surface area contributed by atoms with Gasteiger partial charge in [-0.05, 0) is 31.0 Å². The molecule has 3 rings (SSSR count). The van der Waals surface area contributed by atoms with Crippen LogP contribution < -0.4 is 5.56 Å². The predicted octanol–water partition coefficient (Wildman–Crippen LogP) is 2.79. The molecule has 0 radical (unpaired) electrons. The summed E-state index contributed by atoms with van der Waals surface area (Å²) in [6, 6.07) is 5.53. The Morgan fingerprint density at radius 3 is 2.76 bits per heavy atom. The summed E-state index contributed by atoms with van der Waals surface area (Å²) in [4.78, 5) is 12.5. The van der Waals surface area contributed by atoms with Gasteiger partial charge in [0.2, 0.25) is 5.65 Å². The van der Waals surface area contributed by atoms with Gasteiger partial charge in [0.15, 0.2) is 0 Å². The molecule has 2 aromatic heterocycles. The van der Waals surface area contributed by atoms with Crippen LogP contribution in [-0.4, -0.2) is 19.2 Å². The number of fused-ring (bicyclic) bond motifs is 1. The number of benzene rings is 1. The third-order valence-electron chi connectivity index (χ3n) is 3.45. The van der Waals surface area contributed by atoms with Gasteiger partial charge in [0.25, 0.3) is 0 Å². The number of nitrogens with zero attached hydrogens (tertiary/aromatic N) is 4. The highest BCUT2D eigenvalue weighted by atomic mass is 35.5. The lowest BCUT2D eigenvalue weighted by molar-refractivity contribution is 0.813. The van der Waals surface area contributed by atoms with Crippen LogP contribution >= 0.6 is 11.6 Å². The normalized spacial score (nSPS) is 11.2. The molecule has 2 heterocycles. The maximum absolute atomic E-state index is 12.5. The second kappa shape index (κ2) is 5.33. The first kappa shape index (κ1) is 13.8. The van der Waals surface area contributed by atoms with E-state index in [0.29, 0.717) is 10.7 Å². The van der Waals surface area contributed by atoms with Crippen LogP contribution in [0.1, 0.15) is 24.7 Å². The zero-order valence-corrected chi connectivity index (χ0v) is 12.6. The lowest BCUT2D eigenvalue weighted by atomic mass is 10.2. The summed E-state index contributed by atoms with van der Waals surface area (Å²) in [6.07, 6.45) is 5.28. The van der Waals surface area contributed by atoms with Gasteiger partial charge >= 0.3 is 5.56 Å². The minimum Gasteiger partial charge on any atom is -0.280 e. The van der Waals surface area contributed by atoms with Crippen molar-refractivity contribution in [1.29, 1.82) is 0 Å². The van der Waals surface area contributed by atoms with Crippen LogP contribution in [0, 0.1) is 6.92 Å². The number of rotatable bonds is 3. The predicted molar refractivity (Wildman–Crippen MR) is 82.3 cm³/mol. The Bertz CT molecular complexity index is 866. The summed E-state index contributed by atoms with van der Waals surface area (Å²) in [6.45, 7) is 3.99. The van der Waals surface area contributed by atoms with Crippen molar-refractivity contribution in [3.63, 3.8) is 0 Å². The Labute approximate surface area is 126 Å². The summed E-state index contributed by atoms with van der Waals surface area (Å²) >= 11 is 6.13. The SMILES string of the molecule is CCCc1nnc2c(=O)n(-c3ccc(C)c(Cl)c3)ccn12. The monoisotopic (exact) mass is 302 g/mol. The van der Waals surface area contributed by atoms with Gasteiger partial charge in [0.05, 0.1) is 5.69 Å². The fraction of sp³-hybridized carbons (Fsp3) is 0.267. The van der Waals surface area contributed by atoms with E-state index < -0.39 is 0 Å². The third kappa shape index (κ3) is 2.34. The molecule has 0 spiro atoms. The number of aryl methyl sites for hydroxylation is 2. The molecular weight excluding hydrogens is 288 g/mol. The third-order valence-corrected chi connectivity index (χ3v) is 3.86. The van der Waals surface area contributed by atoms with Crippen LogP contribution in [0.15, 0.2) is 35.4 Å². The highest BCUT2D eigenvalue weighted by molar-refractivity contribution is 6.31. The maximum Gasteiger partial charge on any atom is 0.300 e. The number of hydrogen-bond acceptors (Lipinski definition) is 3. The van der Waals surface area contributed by atoms with E-state index in [-0.39, 0.29) is 5.56 Å². The fourth-order valence-electron chi connectivity index (χ4n) is 2.26. The molecule has 0 amide bonds. The molecule has 0 aliphatic rings. The molecule has 21 heavy (non-hydrogen) atoms. The van der Waals surface area contributed by atoms with Gasteiger partial charge in [-0.3, -0.25) is 13.8 Å². The molecular formula is C15H15ClN4O. The van der Waals surface area contributed by atoms with Gasteiger partial charge in [-0.15, -0.1) is 10.2 Å². The molecule has 0 fully saturated rings. The molecule has 6 heteroatoms. The molecule has 0 atom stereocenters. The molecule has 0 N–H and O–H groups in total. The van der Waals surface area contributed by atoms with Crippen molar-refractivity contribution in [3.05, 3.63) is 57.4 Å². The largest absolute Gasteiger partial charge is 0.300 e. The van der Waals surface area contributed by atoms with E-state index in [1.54, 1.807) is 16.7 Å². The van der Waals surface area contributed by atoms with Crippen LogP contribution in [0.25, 0.3) is 11.3 Å². The Morgan fingerprint density at radius 2 is 2.05 bits per heavy atom. The number of hydrogen-bond donors (Lipinski definition) is 0. The zero-order valence-electron chi connectivity index (χ0n) is 11.9. The first-order valence-corrected chi connectivity index (χ1v) is 7.21. The van der Waals surface area contributed by atoms with Crippen molar-refractivity contribution in [2.75, 3.05) is 0 Å². The molecule has 108 valence electrons. The molecule has 5 nitrogen and oxygen atoms in total. The molecule has 3 aromatic rings. The van der Waals surface area contributed by atoms with Crippen molar-refractivity contribution in [1.82, 2.24) is 19.2 Å². The molecule has 0 saturated heterocycles. The standard InChI is InChI=1S/C15H15ClN4O/c1-3-4-13-17-18-14-15(21)19(7-8-20(13)14)11-6-5-10(2)12(16)9-11/h5-9H,3-4H2,1-2H3. The molecule has 0 bridgehead atoms.